The Hall–Kier alpha value is -1.90. The molecule has 2 aromatic rings. The fraction of sp³-hybridized carbons (Fsp3) is 0.214. The molecule has 2 rings (SSSR count). The fourth-order valence-electron chi connectivity index (χ4n) is 1.70. The Kier molecular flexibility index (Phi) is 3.38. The van der Waals surface area contributed by atoms with Gasteiger partial charge in [0.05, 0.1) is 18.1 Å². The summed E-state index contributed by atoms with van der Waals surface area (Å²) in [5, 5.41) is 3.17. The van der Waals surface area contributed by atoms with Crippen LogP contribution in [0.3, 0.4) is 0 Å². The quantitative estimate of drug-likeness (QED) is 0.873. The van der Waals surface area contributed by atoms with Crippen molar-refractivity contribution >= 4 is 5.69 Å². The van der Waals surface area contributed by atoms with Crippen LogP contribution in [0, 0.1) is 19.7 Å². The Morgan fingerprint density at radius 1 is 1.18 bits per heavy atom. The zero-order chi connectivity index (χ0) is 12.3. The Bertz CT molecular complexity index is 523. The van der Waals surface area contributed by atoms with Crippen molar-refractivity contribution < 1.29 is 4.39 Å². The third-order valence-corrected chi connectivity index (χ3v) is 2.69. The van der Waals surface area contributed by atoms with Gasteiger partial charge in [-0.25, -0.2) is 4.39 Å². The number of aryl methyl sites for hydroxylation is 2. The molecule has 0 fully saturated rings. The van der Waals surface area contributed by atoms with Gasteiger partial charge in [-0.05, 0) is 25.0 Å². The fourth-order valence-corrected chi connectivity index (χ4v) is 1.70. The summed E-state index contributed by atoms with van der Waals surface area (Å²) in [7, 11) is 0. The molecule has 0 atom stereocenters. The van der Waals surface area contributed by atoms with E-state index in [2.05, 4.69) is 42.3 Å². The van der Waals surface area contributed by atoms with Gasteiger partial charge in [0.15, 0.2) is 0 Å². The molecule has 0 amide bonds. The summed E-state index contributed by atoms with van der Waals surface area (Å²) >= 11 is 0. The highest BCUT2D eigenvalue weighted by Crippen LogP contribution is 2.13. The van der Waals surface area contributed by atoms with E-state index >= 15 is 0 Å². The molecule has 0 aliphatic rings. The van der Waals surface area contributed by atoms with Crippen LogP contribution in [-0.2, 0) is 6.54 Å². The first kappa shape index (κ1) is 11.6. The molecule has 0 unspecified atom stereocenters. The molecule has 1 aromatic heterocycles. The highest BCUT2D eigenvalue weighted by atomic mass is 19.1. The van der Waals surface area contributed by atoms with Crippen molar-refractivity contribution in [2.75, 3.05) is 5.32 Å². The molecule has 0 radical (unpaired) electrons. The first-order valence-electron chi connectivity index (χ1n) is 5.56. The summed E-state index contributed by atoms with van der Waals surface area (Å²) in [6, 6.07) is 7.76. The van der Waals surface area contributed by atoms with Crippen molar-refractivity contribution in [3.63, 3.8) is 0 Å². The zero-order valence-corrected chi connectivity index (χ0v) is 10.00. The first-order valence-corrected chi connectivity index (χ1v) is 5.56. The van der Waals surface area contributed by atoms with Crippen molar-refractivity contribution in [3.8, 4) is 0 Å². The van der Waals surface area contributed by atoms with Gasteiger partial charge in [-0.1, -0.05) is 23.8 Å². The van der Waals surface area contributed by atoms with E-state index in [1.807, 2.05) is 0 Å². The molecule has 1 heterocycles. The normalized spacial score (nSPS) is 10.3. The molecule has 0 saturated heterocycles. The number of benzene rings is 1. The highest BCUT2D eigenvalue weighted by Gasteiger charge is 2.00. The SMILES string of the molecule is Cc1ccc(C)c(CNc2cncc(F)c2)c1. The topological polar surface area (TPSA) is 24.9 Å². The maximum Gasteiger partial charge on any atom is 0.143 e. The number of pyridine rings is 1. The Morgan fingerprint density at radius 3 is 2.76 bits per heavy atom. The largest absolute Gasteiger partial charge is 0.380 e. The second-order valence-electron chi connectivity index (χ2n) is 4.18. The lowest BCUT2D eigenvalue weighted by Gasteiger charge is -2.09. The predicted molar refractivity (Wildman–Crippen MR) is 67.4 cm³/mol. The zero-order valence-electron chi connectivity index (χ0n) is 10.00. The Morgan fingerprint density at radius 2 is 2.00 bits per heavy atom. The van der Waals surface area contributed by atoms with E-state index in [-0.39, 0.29) is 5.82 Å². The number of rotatable bonds is 3. The Labute approximate surface area is 101 Å². The summed E-state index contributed by atoms with van der Waals surface area (Å²) in [4.78, 5) is 3.80. The summed E-state index contributed by atoms with van der Waals surface area (Å²) in [6.07, 6.45) is 2.82. The van der Waals surface area contributed by atoms with E-state index in [4.69, 9.17) is 0 Å². The van der Waals surface area contributed by atoms with E-state index in [1.54, 1.807) is 6.20 Å². The third kappa shape index (κ3) is 3.03. The second-order valence-corrected chi connectivity index (χ2v) is 4.18. The number of nitrogens with zero attached hydrogens (tertiary/aromatic N) is 1. The van der Waals surface area contributed by atoms with Crippen LogP contribution in [0.4, 0.5) is 10.1 Å². The van der Waals surface area contributed by atoms with Crippen molar-refractivity contribution in [1.82, 2.24) is 4.98 Å². The molecular formula is C14H15FN2. The minimum Gasteiger partial charge on any atom is -0.380 e. The average molecular weight is 230 g/mol. The van der Waals surface area contributed by atoms with Crippen molar-refractivity contribution in [2.45, 2.75) is 20.4 Å². The van der Waals surface area contributed by atoms with Crippen LogP contribution < -0.4 is 5.32 Å². The van der Waals surface area contributed by atoms with Gasteiger partial charge in [-0.2, -0.15) is 0 Å². The molecule has 1 aromatic carbocycles. The van der Waals surface area contributed by atoms with Gasteiger partial charge in [0.25, 0.3) is 0 Å². The average Bonchev–Trinajstić information content (AvgIpc) is 2.30. The summed E-state index contributed by atoms with van der Waals surface area (Å²) < 4.78 is 12.9. The number of nitrogens with one attached hydrogen (secondary N) is 1. The number of hydrogen-bond acceptors (Lipinski definition) is 2. The molecule has 0 bridgehead atoms. The lowest BCUT2D eigenvalue weighted by Crippen LogP contribution is -2.02. The predicted octanol–water partition coefficient (Wildman–Crippen LogP) is 3.45. The number of anilines is 1. The maximum atomic E-state index is 12.9. The van der Waals surface area contributed by atoms with Crippen LogP contribution in [0.1, 0.15) is 16.7 Å². The lowest BCUT2D eigenvalue weighted by molar-refractivity contribution is 0.622. The van der Waals surface area contributed by atoms with Gasteiger partial charge in [0.1, 0.15) is 5.82 Å². The van der Waals surface area contributed by atoms with E-state index < -0.39 is 0 Å². The van der Waals surface area contributed by atoms with Crippen molar-refractivity contribution in [3.05, 3.63) is 59.2 Å². The van der Waals surface area contributed by atoms with Crippen LogP contribution in [-0.4, -0.2) is 4.98 Å². The van der Waals surface area contributed by atoms with Crippen molar-refractivity contribution in [2.24, 2.45) is 0 Å². The molecule has 2 nitrogen and oxygen atoms in total. The minimum absolute atomic E-state index is 0.323. The molecular weight excluding hydrogens is 215 g/mol. The van der Waals surface area contributed by atoms with Gasteiger partial charge in [0.2, 0.25) is 0 Å². The van der Waals surface area contributed by atoms with E-state index in [0.717, 1.165) is 0 Å². The highest BCUT2D eigenvalue weighted by molar-refractivity contribution is 5.42. The van der Waals surface area contributed by atoms with Crippen LogP contribution in [0.25, 0.3) is 0 Å². The van der Waals surface area contributed by atoms with E-state index in [9.17, 15) is 4.39 Å². The van der Waals surface area contributed by atoms with E-state index in [1.165, 1.54) is 29.0 Å². The van der Waals surface area contributed by atoms with Gasteiger partial charge in [-0.15, -0.1) is 0 Å². The number of aromatic nitrogens is 1. The molecule has 17 heavy (non-hydrogen) atoms. The molecule has 88 valence electrons. The number of hydrogen-bond donors (Lipinski definition) is 1. The molecule has 0 aliphatic carbocycles. The van der Waals surface area contributed by atoms with Gasteiger partial charge >= 0.3 is 0 Å². The van der Waals surface area contributed by atoms with Crippen LogP contribution >= 0.6 is 0 Å². The lowest BCUT2D eigenvalue weighted by atomic mass is 10.1. The number of halogens is 1. The first-order chi connectivity index (χ1) is 8.15. The summed E-state index contributed by atoms with van der Waals surface area (Å²) in [6.45, 7) is 4.81. The van der Waals surface area contributed by atoms with Gasteiger partial charge in [0, 0.05) is 12.6 Å². The molecule has 3 heteroatoms. The Balaban J connectivity index is 2.09. The minimum atomic E-state index is -0.323. The standard InChI is InChI=1S/C14H15FN2/c1-10-3-4-11(2)12(5-10)7-17-14-6-13(15)8-16-9-14/h3-6,8-9,17H,7H2,1-2H3. The second kappa shape index (κ2) is 4.95. The van der Waals surface area contributed by atoms with Gasteiger partial charge in [-0.3, -0.25) is 4.98 Å². The molecule has 1 N–H and O–H groups in total. The molecule has 0 saturated carbocycles. The van der Waals surface area contributed by atoms with E-state index in [0.29, 0.717) is 12.2 Å². The van der Waals surface area contributed by atoms with Crippen LogP contribution in [0.2, 0.25) is 0 Å². The van der Waals surface area contributed by atoms with Crippen molar-refractivity contribution in [1.29, 1.82) is 0 Å². The summed E-state index contributed by atoms with van der Waals surface area (Å²) in [5.41, 5.74) is 4.37. The maximum absolute atomic E-state index is 12.9. The van der Waals surface area contributed by atoms with Crippen LogP contribution in [0.15, 0.2) is 36.7 Å². The molecule has 0 spiro atoms. The van der Waals surface area contributed by atoms with Crippen LogP contribution in [0.5, 0.6) is 0 Å². The summed E-state index contributed by atoms with van der Waals surface area (Å²) in [5.74, 6) is -0.323. The smallest absolute Gasteiger partial charge is 0.143 e. The monoisotopic (exact) mass is 230 g/mol. The third-order valence-electron chi connectivity index (χ3n) is 2.69. The molecule has 0 aliphatic heterocycles. The van der Waals surface area contributed by atoms with Gasteiger partial charge < -0.3 is 5.32 Å².